The van der Waals surface area contributed by atoms with Gasteiger partial charge in [-0.3, -0.25) is 4.90 Å². The van der Waals surface area contributed by atoms with Crippen molar-refractivity contribution in [2.75, 3.05) is 20.1 Å². The summed E-state index contributed by atoms with van der Waals surface area (Å²) in [7, 11) is 2.06. The number of hydrogen-bond donors (Lipinski definition) is 1. The van der Waals surface area contributed by atoms with Crippen molar-refractivity contribution in [2.45, 2.75) is 58.5 Å². The second-order valence-electron chi connectivity index (χ2n) is 6.02. The van der Waals surface area contributed by atoms with Crippen molar-refractivity contribution >= 4 is 0 Å². The molecule has 1 N–H and O–H groups in total. The average molecular weight is 212 g/mol. The lowest BCUT2D eigenvalue weighted by atomic mass is 10.0. The third kappa shape index (κ3) is 4.98. The van der Waals surface area contributed by atoms with E-state index in [-0.39, 0.29) is 5.54 Å². The molecule has 0 radical (unpaired) electrons. The Hall–Kier alpha value is -0.0800. The van der Waals surface area contributed by atoms with Gasteiger partial charge < -0.3 is 5.32 Å². The predicted octanol–water partition coefficient (Wildman–Crippen LogP) is 2.49. The van der Waals surface area contributed by atoms with Crippen molar-refractivity contribution < 1.29 is 0 Å². The summed E-state index contributed by atoms with van der Waals surface area (Å²) in [6, 6.07) is 0.886. The van der Waals surface area contributed by atoms with Gasteiger partial charge in [0.25, 0.3) is 0 Å². The van der Waals surface area contributed by atoms with Crippen LogP contribution in [0.5, 0.6) is 0 Å². The molecule has 0 aromatic rings. The highest BCUT2D eigenvalue weighted by molar-refractivity contribution is 4.90. The summed E-state index contributed by atoms with van der Waals surface area (Å²) in [6.45, 7) is 11.7. The molecule has 0 bridgehead atoms. The molecule has 0 aromatic carbocycles. The van der Waals surface area contributed by atoms with Crippen LogP contribution in [0.2, 0.25) is 0 Å². The molecule has 0 aliphatic heterocycles. The van der Waals surface area contributed by atoms with Gasteiger partial charge >= 0.3 is 0 Å². The minimum absolute atomic E-state index is 0.250. The van der Waals surface area contributed by atoms with E-state index in [4.69, 9.17) is 0 Å². The Kier molecular flexibility index (Phi) is 4.60. The van der Waals surface area contributed by atoms with E-state index in [0.29, 0.717) is 0 Å². The molecule has 1 aliphatic carbocycles. The van der Waals surface area contributed by atoms with Gasteiger partial charge in [0.2, 0.25) is 0 Å². The molecule has 15 heavy (non-hydrogen) atoms. The Morgan fingerprint density at radius 2 is 1.93 bits per heavy atom. The van der Waals surface area contributed by atoms with E-state index in [1.165, 1.54) is 32.4 Å². The van der Waals surface area contributed by atoms with Crippen LogP contribution < -0.4 is 5.32 Å². The average Bonchev–Trinajstić information content (AvgIpc) is 2.95. The summed E-state index contributed by atoms with van der Waals surface area (Å²) in [5, 5.41) is 3.40. The summed E-state index contributed by atoms with van der Waals surface area (Å²) in [6.07, 6.45) is 4.16. The topological polar surface area (TPSA) is 15.3 Å². The van der Waals surface area contributed by atoms with Gasteiger partial charge in [-0.25, -0.2) is 0 Å². The summed E-state index contributed by atoms with van der Waals surface area (Å²) < 4.78 is 0. The van der Waals surface area contributed by atoms with Crippen LogP contribution in [0.4, 0.5) is 0 Å². The van der Waals surface area contributed by atoms with E-state index in [1.54, 1.807) is 0 Å². The van der Waals surface area contributed by atoms with Crippen molar-refractivity contribution in [3.8, 4) is 0 Å². The maximum absolute atomic E-state index is 3.40. The predicted molar refractivity (Wildman–Crippen MR) is 67.2 cm³/mol. The van der Waals surface area contributed by atoms with Gasteiger partial charge in [0.05, 0.1) is 0 Å². The summed E-state index contributed by atoms with van der Waals surface area (Å²) >= 11 is 0. The molecular weight excluding hydrogens is 184 g/mol. The molecule has 0 heterocycles. The van der Waals surface area contributed by atoms with E-state index in [2.05, 4.69) is 45.0 Å². The molecule has 1 aliphatic rings. The van der Waals surface area contributed by atoms with Crippen LogP contribution >= 0.6 is 0 Å². The van der Waals surface area contributed by atoms with Crippen LogP contribution in [0.1, 0.15) is 47.0 Å². The molecule has 2 nitrogen and oxygen atoms in total. The van der Waals surface area contributed by atoms with Gasteiger partial charge in [-0.1, -0.05) is 13.8 Å². The zero-order valence-electron chi connectivity index (χ0n) is 11.1. The Morgan fingerprint density at radius 3 is 2.33 bits per heavy atom. The summed E-state index contributed by atoms with van der Waals surface area (Å²) in [5.41, 5.74) is 0.250. The normalized spacial score (nSPS) is 17.8. The lowest BCUT2D eigenvalue weighted by Crippen LogP contribution is -2.48. The summed E-state index contributed by atoms with van der Waals surface area (Å²) in [4.78, 5) is 2.68. The second-order valence-corrected chi connectivity index (χ2v) is 6.02. The lowest BCUT2D eigenvalue weighted by Gasteiger charge is -2.33. The van der Waals surface area contributed by atoms with Crippen LogP contribution in [0.15, 0.2) is 0 Å². The molecule has 2 heteroatoms. The highest BCUT2D eigenvalue weighted by Gasteiger charge is 2.32. The van der Waals surface area contributed by atoms with Crippen molar-refractivity contribution in [3.63, 3.8) is 0 Å². The first-order valence-electron chi connectivity index (χ1n) is 6.37. The molecule has 1 rings (SSSR count). The monoisotopic (exact) mass is 212 g/mol. The third-order valence-corrected chi connectivity index (χ3v) is 3.33. The molecule has 0 unspecified atom stereocenters. The quantitative estimate of drug-likeness (QED) is 0.697. The van der Waals surface area contributed by atoms with Gasteiger partial charge in [0.15, 0.2) is 0 Å². The molecule has 0 spiro atoms. The van der Waals surface area contributed by atoms with Gasteiger partial charge in [-0.05, 0) is 52.6 Å². The van der Waals surface area contributed by atoms with Crippen molar-refractivity contribution in [1.29, 1.82) is 0 Å². The van der Waals surface area contributed by atoms with Gasteiger partial charge in [0, 0.05) is 18.1 Å². The first-order valence-corrected chi connectivity index (χ1v) is 6.37. The van der Waals surface area contributed by atoms with Crippen LogP contribution in [0.3, 0.4) is 0 Å². The van der Waals surface area contributed by atoms with E-state index in [9.17, 15) is 0 Å². The molecule has 0 atom stereocenters. The number of nitrogens with zero attached hydrogens (tertiary/aromatic N) is 1. The molecular formula is C13H28N2. The van der Waals surface area contributed by atoms with E-state index in [0.717, 1.165) is 12.0 Å². The van der Waals surface area contributed by atoms with Crippen LogP contribution in [-0.4, -0.2) is 36.6 Å². The zero-order valence-corrected chi connectivity index (χ0v) is 11.1. The molecule has 1 saturated carbocycles. The maximum atomic E-state index is 3.40. The zero-order chi connectivity index (χ0) is 11.5. The Balaban J connectivity index is 2.37. The van der Waals surface area contributed by atoms with Crippen molar-refractivity contribution in [2.24, 2.45) is 5.92 Å². The van der Waals surface area contributed by atoms with E-state index >= 15 is 0 Å². The second kappa shape index (κ2) is 5.31. The maximum Gasteiger partial charge on any atom is 0.0249 e. The van der Waals surface area contributed by atoms with Gasteiger partial charge in [0.1, 0.15) is 0 Å². The minimum Gasteiger partial charge on any atom is -0.314 e. The molecule has 0 amide bonds. The van der Waals surface area contributed by atoms with Crippen LogP contribution in [0, 0.1) is 5.92 Å². The highest BCUT2D eigenvalue weighted by atomic mass is 15.2. The molecule has 0 saturated heterocycles. The number of rotatable bonds is 7. The van der Waals surface area contributed by atoms with Gasteiger partial charge in [-0.2, -0.15) is 0 Å². The fourth-order valence-corrected chi connectivity index (χ4v) is 1.84. The Labute approximate surface area is 95.4 Å². The Bertz CT molecular complexity index is 183. The number of nitrogens with one attached hydrogen (secondary N) is 1. The number of hydrogen-bond acceptors (Lipinski definition) is 2. The van der Waals surface area contributed by atoms with Gasteiger partial charge in [-0.15, -0.1) is 0 Å². The van der Waals surface area contributed by atoms with Crippen LogP contribution in [0.25, 0.3) is 0 Å². The highest BCUT2D eigenvalue weighted by Crippen LogP contribution is 2.28. The summed E-state index contributed by atoms with van der Waals surface area (Å²) in [5.74, 6) is 0.823. The van der Waals surface area contributed by atoms with E-state index < -0.39 is 0 Å². The smallest absolute Gasteiger partial charge is 0.0249 e. The third-order valence-electron chi connectivity index (χ3n) is 3.33. The molecule has 90 valence electrons. The van der Waals surface area contributed by atoms with E-state index in [1.807, 2.05) is 0 Å². The first kappa shape index (κ1) is 13.0. The fraction of sp³-hybridized carbons (Fsp3) is 1.00. The SMILES string of the molecule is CNC(C)(C)CN(CCC(C)C)C1CC1. The first-order chi connectivity index (χ1) is 6.94. The largest absolute Gasteiger partial charge is 0.314 e. The Morgan fingerprint density at radius 1 is 1.33 bits per heavy atom. The lowest BCUT2D eigenvalue weighted by molar-refractivity contribution is 0.189. The molecule has 1 fully saturated rings. The van der Waals surface area contributed by atoms with Crippen molar-refractivity contribution in [3.05, 3.63) is 0 Å². The standard InChI is InChI=1S/C13H28N2/c1-11(2)8-9-15(12-6-7-12)10-13(3,4)14-5/h11-12,14H,6-10H2,1-5H3. The number of likely N-dealkylation sites (N-methyl/N-ethyl adjacent to an activating group) is 1. The fourth-order valence-electron chi connectivity index (χ4n) is 1.84. The van der Waals surface area contributed by atoms with Crippen molar-refractivity contribution in [1.82, 2.24) is 10.2 Å². The molecule has 0 aromatic heterocycles. The van der Waals surface area contributed by atoms with Crippen LogP contribution in [-0.2, 0) is 0 Å². The minimum atomic E-state index is 0.250.